The van der Waals surface area contributed by atoms with Gasteiger partial charge in [-0.15, -0.1) is 0 Å². The Morgan fingerprint density at radius 1 is 1.21 bits per heavy atom. The Bertz CT molecular complexity index is 793. The number of rotatable bonds is 7. The molecule has 1 aromatic carbocycles. The summed E-state index contributed by atoms with van der Waals surface area (Å²) in [6.07, 6.45) is 0.773. The van der Waals surface area contributed by atoms with E-state index in [-0.39, 0.29) is 19.7 Å². The number of benzene rings is 1. The molecule has 1 aliphatic rings. The summed E-state index contributed by atoms with van der Waals surface area (Å²) in [4.78, 5) is 27.0. The van der Waals surface area contributed by atoms with Crippen LogP contribution in [0.2, 0.25) is 0 Å². The number of carbonyl (C=O) groups is 2. The van der Waals surface area contributed by atoms with Crippen molar-refractivity contribution in [2.45, 2.75) is 13.0 Å². The van der Waals surface area contributed by atoms with Gasteiger partial charge in [-0.3, -0.25) is 4.79 Å². The molecule has 0 aliphatic carbocycles. The van der Waals surface area contributed by atoms with Crippen LogP contribution in [0.15, 0.2) is 17.8 Å². The van der Waals surface area contributed by atoms with Gasteiger partial charge in [-0.1, -0.05) is 0 Å². The standard InChI is InChI=1S/C18H22F3N3O4/c1-10(9-25)22-8-12(18(27)28)17(26)11-7-13(19)16(15(21)14(11)20)24-5-3-23(2)4-6-24/h7-8,10,22,25H,3-6,9H2,1-2H3,(H,27,28). The van der Waals surface area contributed by atoms with Crippen LogP contribution >= 0.6 is 0 Å². The molecule has 1 aliphatic heterocycles. The first-order valence-electron chi connectivity index (χ1n) is 8.63. The van der Waals surface area contributed by atoms with E-state index in [1.165, 1.54) is 11.8 Å². The number of aliphatic carboxylic acids is 1. The summed E-state index contributed by atoms with van der Waals surface area (Å²) in [6.45, 7) is 2.77. The van der Waals surface area contributed by atoms with Crippen LogP contribution < -0.4 is 10.2 Å². The molecule has 0 aromatic heterocycles. The molecule has 28 heavy (non-hydrogen) atoms. The van der Waals surface area contributed by atoms with Crippen molar-refractivity contribution >= 4 is 17.4 Å². The smallest absolute Gasteiger partial charge is 0.341 e. The second kappa shape index (κ2) is 9.07. The summed E-state index contributed by atoms with van der Waals surface area (Å²) in [6, 6.07) is -0.0687. The fraction of sp³-hybridized carbons (Fsp3) is 0.444. The van der Waals surface area contributed by atoms with Gasteiger partial charge in [0.1, 0.15) is 17.1 Å². The van der Waals surface area contributed by atoms with Crippen molar-refractivity contribution in [1.29, 1.82) is 0 Å². The molecule has 0 spiro atoms. The van der Waals surface area contributed by atoms with Gasteiger partial charge >= 0.3 is 5.97 Å². The molecule has 3 N–H and O–H groups in total. The minimum Gasteiger partial charge on any atom is -0.477 e. The van der Waals surface area contributed by atoms with E-state index < -0.39 is 52.1 Å². The second-order valence-electron chi connectivity index (χ2n) is 6.62. The Kier molecular flexibility index (Phi) is 7.03. The number of aliphatic hydroxyl groups excluding tert-OH is 1. The van der Waals surface area contributed by atoms with Crippen LogP contribution in [-0.4, -0.2) is 72.7 Å². The van der Waals surface area contributed by atoms with Gasteiger partial charge in [-0.25, -0.2) is 18.0 Å². The number of likely N-dealkylation sites (N-methyl/N-ethyl adjacent to an activating group) is 1. The van der Waals surface area contributed by atoms with E-state index in [4.69, 9.17) is 5.11 Å². The lowest BCUT2D eigenvalue weighted by Crippen LogP contribution is -2.45. The molecule has 1 atom stereocenters. The number of nitrogens with one attached hydrogen (secondary N) is 1. The molecule has 1 heterocycles. The minimum absolute atomic E-state index is 0.278. The fourth-order valence-electron chi connectivity index (χ4n) is 2.72. The van der Waals surface area contributed by atoms with Crippen LogP contribution in [0.3, 0.4) is 0 Å². The van der Waals surface area contributed by atoms with Crippen molar-refractivity contribution in [2.24, 2.45) is 0 Å². The van der Waals surface area contributed by atoms with Gasteiger partial charge in [0.2, 0.25) is 5.78 Å². The number of carbonyl (C=O) groups excluding carboxylic acids is 1. The van der Waals surface area contributed by atoms with E-state index in [2.05, 4.69) is 5.32 Å². The van der Waals surface area contributed by atoms with Crippen molar-refractivity contribution in [2.75, 3.05) is 44.7 Å². The van der Waals surface area contributed by atoms with Crippen molar-refractivity contribution in [3.05, 3.63) is 40.9 Å². The number of hydrogen-bond acceptors (Lipinski definition) is 6. The molecule has 1 saturated heterocycles. The van der Waals surface area contributed by atoms with Crippen molar-refractivity contribution < 1.29 is 33.0 Å². The third kappa shape index (κ3) is 4.63. The maximum absolute atomic E-state index is 14.6. The number of Topliss-reactive ketones (excluding diaryl/α,β-unsaturated/α-hetero) is 1. The number of ketones is 1. The molecule has 10 heteroatoms. The normalized spacial score (nSPS) is 16.8. The third-order valence-corrected chi connectivity index (χ3v) is 4.46. The molecular formula is C18H22F3N3O4. The van der Waals surface area contributed by atoms with Gasteiger partial charge in [-0.2, -0.15) is 0 Å². The molecule has 1 fully saturated rings. The second-order valence-corrected chi connectivity index (χ2v) is 6.62. The zero-order valence-electron chi connectivity index (χ0n) is 15.5. The minimum atomic E-state index is -1.70. The lowest BCUT2D eigenvalue weighted by Gasteiger charge is -2.34. The van der Waals surface area contributed by atoms with Crippen molar-refractivity contribution in [3.63, 3.8) is 0 Å². The molecule has 2 rings (SSSR count). The summed E-state index contributed by atoms with van der Waals surface area (Å²) < 4.78 is 43.6. The number of hydrogen-bond donors (Lipinski definition) is 3. The summed E-state index contributed by atoms with van der Waals surface area (Å²) in [5.74, 6) is -7.37. The van der Waals surface area contributed by atoms with Crippen LogP contribution in [0.1, 0.15) is 17.3 Å². The lowest BCUT2D eigenvalue weighted by molar-refractivity contribution is -0.132. The van der Waals surface area contributed by atoms with Gasteiger partial charge in [-0.05, 0) is 20.0 Å². The molecule has 0 bridgehead atoms. The number of halogens is 3. The van der Waals surface area contributed by atoms with E-state index >= 15 is 0 Å². The summed E-state index contributed by atoms with van der Waals surface area (Å²) in [5.41, 5.74) is -2.50. The fourth-order valence-corrected chi connectivity index (χ4v) is 2.72. The molecular weight excluding hydrogens is 379 g/mol. The molecule has 1 unspecified atom stereocenters. The van der Waals surface area contributed by atoms with E-state index in [1.54, 1.807) is 0 Å². The van der Waals surface area contributed by atoms with Gasteiger partial charge < -0.3 is 25.3 Å². The predicted octanol–water partition coefficient (Wildman–Crippen LogP) is 0.977. The molecule has 1 aromatic rings. The molecule has 0 saturated carbocycles. The third-order valence-electron chi connectivity index (χ3n) is 4.46. The number of carboxylic acid groups (broad SMARTS) is 1. The zero-order valence-corrected chi connectivity index (χ0v) is 15.5. The van der Waals surface area contributed by atoms with Crippen molar-refractivity contribution in [1.82, 2.24) is 10.2 Å². The van der Waals surface area contributed by atoms with Gasteiger partial charge in [0.25, 0.3) is 0 Å². The summed E-state index contributed by atoms with van der Waals surface area (Å²) >= 11 is 0. The first-order chi connectivity index (χ1) is 13.2. The Balaban J connectivity index is 2.40. The number of aliphatic hydroxyl groups is 1. The Hall–Kier alpha value is -2.59. The highest BCUT2D eigenvalue weighted by Gasteiger charge is 2.30. The number of nitrogens with zero attached hydrogens (tertiary/aromatic N) is 2. The molecule has 7 nitrogen and oxygen atoms in total. The summed E-state index contributed by atoms with van der Waals surface area (Å²) in [5, 5.41) is 20.6. The van der Waals surface area contributed by atoms with E-state index in [0.717, 1.165) is 6.20 Å². The van der Waals surface area contributed by atoms with Crippen LogP contribution in [0.4, 0.5) is 18.9 Å². The average Bonchev–Trinajstić information content (AvgIpc) is 2.65. The zero-order chi connectivity index (χ0) is 21.0. The van der Waals surface area contributed by atoms with Gasteiger partial charge in [0, 0.05) is 38.4 Å². The largest absolute Gasteiger partial charge is 0.477 e. The lowest BCUT2D eigenvalue weighted by atomic mass is 10.0. The number of piperazine rings is 1. The van der Waals surface area contributed by atoms with E-state index in [9.17, 15) is 27.9 Å². The maximum atomic E-state index is 14.6. The first-order valence-corrected chi connectivity index (χ1v) is 8.63. The van der Waals surface area contributed by atoms with Crippen LogP contribution in [-0.2, 0) is 4.79 Å². The Labute approximate surface area is 160 Å². The van der Waals surface area contributed by atoms with Crippen LogP contribution in [0.5, 0.6) is 0 Å². The number of carboxylic acids is 1. The molecule has 0 radical (unpaired) electrons. The van der Waals surface area contributed by atoms with Gasteiger partial charge in [0.15, 0.2) is 11.6 Å². The van der Waals surface area contributed by atoms with Crippen LogP contribution in [0.25, 0.3) is 0 Å². The van der Waals surface area contributed by atoms with Crippen molar-refractivity contribution in [3.8, 4) is 0 Å². The average molecular weight is 401 g/mol. The molecule has 154 valence electrons. The van der Waals surface area contributed by atoms with Gasteiger partial charge in [0.05, 0.1) is 12.2 Å². The topological polar surface area (TPSA) is 93.1 Å². The Morgan fingerprint density at radius 3 is 2.36 bits per heavy atom. The molecule has 0 amide bonds. The Morgan fingerprint density at radius 2 is 1.82 bits per heavy atom. The highest BCUT2D eigenvalue weighted by atomic mass is 19.2. The first kappa shape index (κ1) is 21.7. The number of anilines is 1. The highest BCUT2D eigenvalue weighted by Crippen LogP contribution is 2.30. The summed E-state index contributed by atoms with van der Waals surface area (Å²) in [7, 11) is 1.85. The quantitative estimate of drug-likeness (QED) is 0.206. The van der Waals surface area contributed by atoms with Crippen LogP contribution in [0, 0.1) is 17.5 Å². The van der Waals surface area contributed by atoms with E-state index in [1.807, 2.05) is 11.9 Å². The predicted molar refractivity (Wildman–Crippen MR) is 95.8 cm³/mol. The van der Waals surface area contributed by atoms with E-state index in [0.29, 0.717) is 19.2 Å². The highest BCUT2D eigenvalue weighted by molar-refractivity contribution is 6.23. The SMILES string of the molecule is CC(CO)NC=C(C(=O)O)C(=O)c1cc(F)c(N2CCN(C)CC2)c(F)c1F. The maximum Gasteiger partial charge on any atom is 0.341 e. The monoisotopic (exact) mass is 401 g/mol.